The van der Waals surface area contributed by atoms with Gasteiger partial charge < -0.3 is 5.11 Å². The zero-order valence-electron chi connectivity index (χ0n) is 11.7. The van der Waals surface area contributed by atoms with Gasteiger partial charge in [0.05, 0.1) is 22.8 Å². The second kappa shape index (κ2) is 4.68. The van der Waals surface area contributed by atoms with E-state index in [1.54, 1.807) is 12.3 Å². The van der Waals surface area contributed by atoms with Gasteiger partial charge in [0.1, 0.15) is 5.82 Å². The molecule has 3 saturated carbocycles. The molecule has 5 rings (SSSR count). The topological polar surface area (TPSA) is 48.9 Å². The van der Waals surface area contributed by atoms with Crippen molar-refractivity contribution in [2.45, 2.75) is 44.6 Å². The van der Waals surface area contributed by atoms with Crippen LogP contribution >= 0.6 is 11.6 Å². The van der Waals surface area contributed by atoms with Crippen molar-refractivity contribution < 1.29 is 9.50 Å². The SMILES string of the molecule is O[C@H](c1c(F)c(Cl)cc2cn[nH]c12)C12CCC(CC1)CC2. The van der Waals surface area contributed by atoms with Crippen molar-refractivity contribution in [2.24, 2.45) is 11.3 Å². The molecule has 1 aromatic heterocycles. The highest BCUT2D eigenvalue weighted by Gasteiger charge is 2.47. The Balaban J connectivity index is 1.85. The summed E-state index contributed by atoms with van der Waals surface area (Å²) in [5.74, 6) is 0.290. The number of rotatable bonds is 2. The zero-order valence-corrected chi connectivity index (χ0v) is 12.5. The largest absolute Gasteiger partial charge is 0.388 e. The minimum atomic E-state index is -0.819. The van der Waals surface area contributed by atoms with Crippen LogP contribution in [-0.2, 0) is 0 Å². The summed E-state index contributed by atoms with van der Waals surface area (Å²) in [5.41, 5.74) is 0.681. The van der Waals surface area contributed by atoms with Crippen molar-refractivity contribution in [3.63, 3.8) is 0 Å². The van der Waals surface area contributed by atoms with Crippen LogP contribution in [0.1, 0.15) is 50.2 Å². The van der Waals surface area contributed by atoms with Crippen LogP contribution in [0.5, 0.6) is 0 Å². The number of hydrogen-bond acceptors (Lipinski definition) is 2. The van der Waals surface area contributed by atoms with Gasteiger partial charge in [-0.25, -0.2) is 4.39 Å². The van der Waals surface area contributed by atoms with Gasteiger partial charge in [-0.15, -0.1) is 0 Å². The molecule has 2 N–H and O–H groups in total. The van der Waals surface area contributed by atoms with Gasteiger partial charge in [0.15, 0.2) is 0 Å². The number of nitrogens with one attached hydrogen (secondary N) is 1. The van der Waals surface area contributed by atoms with Gasteiger partial charge in [0, 0.05) is 16.4 Å². The molecule has 3 aliphatic carbocycles. The monoisotopic (exact) mass is 308 g/mol. The molecule has 0 saturated heterocycles. The molecule has 2 aromatic rings. The summed E-state index contributed by atoms with van der Waals surface area (Å²) in [5, 5.41) is 18.6. The number of aromatic amines is 1. The number of hydrogen-bond donors (Lipinski definition) is 2. The molecule has 0 radical (unpaired) electrons. The Hall–Kier alpha value is -1.13. The highest BCUT2D eigenvalue weighted by molar-refractivity contribution is 6.31. The first-order chi connectivity index (χ1) is 10.1. The van der Waals surface area contributed by atoms with E-state index in [4.69, 9.17) is 11.6 Å². The summed E-state index contributed by atoms with van der Waals surface area (Å²) in [6.45, 7) is 0. The van der Waals surface area contributed by atoms with Crippen LogP contribution in [0.3, 0.4) is 0 Å². The first-order valence-corrected chi connectivity index (χ1v) is 7.97. The molecule has 5 heteroatoms. The maximum absolute atomic E-state index is 14.6. The molecule has 3 aliphatic rings. The van der Waals surface area contributed by atoms with Crippen molar-refractivity contribution in [1.82, 2.24) is 10.2 Å². The molecule has 3 fully saturated rings. The lowest BCUT2D eigenvalue weighted by molar-refractivity contribution is -0.0565. The smallest absolute Gasteiger partial charge is 0.149 e. The Morgan fingerprint density at radius 1 is 1.33 bits per heavy atom. The average molecular weight is 309 g/mol. The lowest BCUT2D eigenvalue weighted by Gasteiger charge is -2.49. The van der Waals surface area contributed by atoms with E-state index >= 15 is 0 Å². The molecule has 3 nitrogen and oxygen atoms in total. The van der Waals surface area contributed by atoms with Crippen LogP contribution < -0.4 is 0 Å². The summed E-state index contributed by atoms with van der Waals surface area (Å²) < 4.78 is 14.6. The fourth-order valence-electron chi connectivity index (χ4n) is 4.31. The third kappa shape index (κ3) is 1.92. The van der Waals surface area contributed by atoms with E-state index in [9.17, 15) is 9.50 Å². The molecule has 112 valence electrons. The Morgan fingerprint density at radius 2 is 2.00 bits per heavy atom. The molecule has 2 bridgehead atoms. The molecule has 1 aromatic carbocycles. The number of fused-ring (bicyclic) bond motifs is 4. The van der Waals surface area contributed by atoms with Crippen LogP contribution in [0.15, 0.2) is 12.3 Å². The molecule has 0 unspecified atom stereocenters. The first kappa shape index (κ1) is 13.5. The summed E-state index contributed by atoms with van der Waals surface area (Å²) >= 11 is 6.00. The quantitative estimate of drug-likeness (QED) is 0.866. The predicted octanol–water partition coefficient (Wildman–Crippen LogP) is 4.36. The number of aliphatic hydroxyl groups is 1. The maximum atomic E-state index is 14.6. The molecular formula is C16H18ClFN2O. The number of halogens is 2. The Labute approximate surface area is 127 Å². The molecular weight excluding hydrogens is 291 g/mol. The minimum absolute atomic E-state index is 0.0545. The zero-order chi connectivity index (χ0) is 14.6. The van der Waals surface area contributed by atoms with Crippen LogP contribution in [-0.4, -0.2) is 15.3 Å². The molecule has 21 heavy (non-hydrogen) atoms. The summed E-state index contributed by atoms with van der Waals surface area (Å²) in [6, 6.07) is 1.56. The van der Waals surface area contributed by atoms with Crippen LogP contribution in [0.2, 0.25) is 5.02 Å². The number of H-pyrrole nitrogens is 1. The van der Waals surface area contributed by atoms with Gasteiger partial charge in [-0.2, -0.15) is 5.10 Å². The molecule has 1 atom stereocenters. The Morgan fingerprint density at radius 3 is 2.67 bits per heavy atom. The van der Waals surface area contributed by atoms with Gasteiger partial charge in [0.2, 0.25) is 0 Å². The lowest BCUT2D eigenvalue weighted by Crippen LogP contribution is -2.39. The fourth-order valence-corrected chi connectivity index (χ4v) is 4.53. The van der Waals surface area contributed by atoms with E-state index < -0.39 is 11.9 Å². The van der Waals surface area contributed by atoms with E-state index in [0.717, 1.165) is 49.8 Å². The van der Waals surface area contributed by atoms with Crippen molar-refractivity contribution in [3.8, 4) is 0 Å². The number of nitrogens with zero attached hydrogens (tertiary/aromatic N) is 1. The van der Waals surface area contributed by atoms with Crippen LogP contribution in [0, 0.1) is 17.2 Å². The maximum Gasteiger partial charge on any atom is 0.149 e. The van der Waals surface area contributed by atoms with Gasteiger partial charge in [0.25, 0.3) is 0 Å². The number of aromatic nitrogens is 2. The average Bonchev–Trinajstić information content (AvgIpc) is 2.97. The standard InChI is InChI=1S/C16H18ClFN2O/c17-11-7-10-8-19-20-14(10)12(13(11)18)15(21)16-4-1-9(2-5-16)3-6-16/h7-9,15,21H,1-6H2,(H,19,20)/t9?,15-,16?/m1/s1. The Kier molecular flexibility index (Phi) is 3.02. The van der Waals surface area contributed by atoms with E-state index in [1.165, 1.54) is 0 Å². The number of aliphatic hydroxyl groups excluding tert-OH is 1. The Bertz CT molecular complexity index is 677. The van der Waals surface area contributed by atoms with Crippen molar-refractivity contribution in [3.05, 3.63) is 28.7 Å². The first-order valence-electron chi connectivity index (χ1n) is 7.60. The second-order valence-electron chi connectivity index (χ2n) is 6.67. The van der Waals surface area contributed by atoms with Gasteiger partial charge in [-0.3, -0.25) is 5.10 Å². The van der Waals surface area contributed by atoms with Crippen LogP contribution in [0.25, 0.3) is 10.9 Å². The third-order valence-electron chi connectivity index (χ3n) is 5.67. The van der Waals surface area contributed by atoms with Crippen molar-refractivity contribution in [1.29, 1.82) is 0 Å². The second-order valence-corrected chi connectivity index (χ2v) is 7.07. The van der Waals surface area contributed by atoms with Crippen molar-refractivity contribution >= 4 is 22.5 Å². The van der Waals surface area contributed by atoms with Crippen LogP contribution in [0.4, 0.5) is 4.39 Å². The normalized spacial score (nSPS) is 30.0. The van der Waals surface area contributed by atoms with E-state index in [0.29, 0.717) is 11.1 Å². The van der Waals surface area contributed by atoms with E-state index in [-0.39, 0.29) is 10.4 Å². The molecule has 0 amide bonds. The highest BCUT2D eigenvalue weighted by atomic mass is 35.5. The highest BCUT2D eigenvalue weighted by Crippen LogP contribution is 2.57. The summed E-state index contributed by atoms with van der Waals surface area (Å²) in [6.07, 6.45) is 7.15. The summed E-state index contributed by atoms with van der Waals surface area (Å²) in [4.78, 5) is 0. The van der Waals surface area contributed by atoms with Gasteiger partial charge >= 0.3 is 0 Å². The van der Waals surface area contributed by atoms with Gasteiger partial charge in [-0.05, 0) is 50.5 Å². The third-order valence-corrected chi connectivity index (χ3v) is 5.95. The number of benzene rings is 1. The molecule has 0 spiro atoms. The van der Waals surface area contributed by atoms with Crippen molar-refractivity contribution in [2.75, 3.05) is 0 Å². The fraction of sp³-hybridized carbons (Fsp3) is 0.562. The van der Waals surface area contributed by atoms with E-state index in [2.05, 4.69) is 10.2 Å². The lowest BCUT2D eigenvalue weighted by atomic mass is 9.57. The predicted molar refractivity (Wildman–Crippen MR) is 79.6 cm³/mol. The molecule has 0 aliphatic heterocycles. The minimum Gasteiger partial charge on any atom is -0.388 e. The van der Waals surface area contributed by atoms with E-state index in [1.807, 2.05) is 0 Å². The summed E-state index contributed by atoms with van der Waals surface area (Å²) in [7, 11) is 0. The van der Waals surface area contributed by atoms with Gasteiger partial charge in [-0.1, -0.05) is 11.6 Å². The molecule has 1 heterocycles.